The number of rotatable bonds is 39. The maximum Gasteiger partial charge on any atom is 0.472 e. The summed E-state index contributed by atoms with van der Waals surface area (Å²) in [4.78, 5) is 33.5. The first-order valence-corrected chi connectivity index (χ1v) is 22.8. The van der Waals surface area contributed by atoms with Gasteiger partial charge < -0.3 is 25.2 Å². The summed E-state index contributed by atoms with van der Waals surface area (Å²) in [5, 5.41) is 8.89. The van der Waals surface area contributed by atoms with Crippen molar-refractivity contribution < 1.29 is 42.7 Å². The van der Waals surface area contributed by atoms with E-state index in [1.54, 1.807) is 0 Å². The normalized spacial score (nSPS) is 14.9. The number of esters is 1. The topological polar surface area (TPSA) is 155 Å². The zero-order valence-electron chi connectivity index (χ0n) is 35.1. The second kappa shape index (κ2) is 41.1. The van der Waals surface area contributed by atoms with Crippen molar-refractivity contribution in [2.75, 3.05) is 26.4 Å². The zero-order valence-corrected chi connectivity index (χ0v) is 36.0. The summed E-state index contributed by atoms with van der Waals surface area (Å²) in [5.41, 5.74) is 5.35. The summed E-state index contributed by atoms with van der Waals surface area (Å²) in [5.74, 6) is -1.82. The molecule has 324 valence electrons. The molecule has 4 N–H and O–H groups in total. The average Bonchev–Trinajstić information content (AvgIpc) is 3.19. The number of allylic oxidation sites excluding steroid dienone is 16. The highest BCUT2D eigenvalue weighted by Crippen LogP contribution is 2.43. The molecule has 0 aliphatic carbocycles. The van der Waals surface area contributed by atoms with Crippen LogP contribution in [0.3, 0.4) is 0 Å². The lowest BCUT2D eigenvalue weighted by molar-refractivity contribution is -0.154. The molecule has 0 fully saturated rings. The summed E-state index contributed by atoms with van der Waals surface area (Å²) in [6.45, 7) is 3.51. The molecule has 0 saturated carbocycles. The highest BCUT2D eigenvalue weighted by molar-refractivity contribution is 7.47. The molecule has 0 bridgehead atoms. The number of carbonyl (C=O) groups excluding carboxylic acids is 1. The van der Waals surface area contributed by atoms with Gasteiger partial charge in [-0.25, -0.2) is 4.57 Å². The first kappa shape index (κ1) is 53.9. The SMILES string of the molecule is CC/C=C\C/C=C\C/C=C\C/C=C\C/C=C\CCCCOCC(COP(=O)(O)OCC(N)C(=O)O)OC(=O)CCCCCCCCC/C=C\C/C=C\C/C=C\CC. The van der Waals surface area contributed by atoms with Gasteiger partial charge >= 0.3 is 19.8 Å². The van der Waals surface area contributed by atoms with Crippen LogP contribution in [0.4, 0.5) is 0 Å². The van der Waals surface area contributed by atoms with Gasteiger partial charge in [0, 0.05) is 13.0 Å². The molecule has 10 nitrogen and oxygen atoms in total. The van der Waals surface area contributed by atoms with Crippen LogP contribution in [0.2, 0.25) is 0 Å². The third-order valence-electron chi connectivity index (χ3n) is 8.36. The van der Waals surface area contributed by atoms with Crippen molar-refractivity contribution in [3.05, 3.63) is 97.2 Å². The lowest BCUT2D eigenvalue weighted by Gasteiger charge is -2.20. The first-order valence-electron chi connectivity index (χ1n) is 21.3. The van der Waals surface area contributed by atoms with Gasteiger partial charge in [0.2, 0.25) is 0 Å². The Hall–Kier alpha value is -3.11. The number of phosphoric ester groups is 1. The van der Waals surface area contributed by atoms with E-state index in [4.69, 9.17) is 29.4 Å². The van der Waals surface area contributed by atoms with Crippen molar-refractivity contribution in [3.63, 3.8) is 0 Å². The monoisotopic (exact) mass is 818 g/mol. The fourth-order valence-electron chi connectivity index (χ4n) is 5.11. The van der Waals surface area contributed by atoms with E-state index in [-0.39, 0.29) is 13.0 Å². The number of nitrogens with two attached hydrogens (primary N) is 1. The van der Waals surface area contributed by atoms with E-state index in [1.165, 1.54) is 19.3 Å². The third-order valence-corrected chi connectivity index (χ3v) is 9.31. The van der Waals surface area contributed by atoms with Crippen molar-refractivity contribution in [2.24, 2.45) is 5.73 Å². The van der Waals surface area contributed by atoms with Gasteiger partial charge in [-0.3, -0.25) is 18.6 Å². The Morgan fingerprint density at radius 2 is 0.965 bits per heavy atom. The van der Waals surface area contributed by atoms with E-state index < -0.39 is 45.1 Å². The molecule has 0 rings (SSSR count). The molecule has 0 saturated heterocycles. The van der Waals surface area contributed by atoms with Crippen LogP contribution in [0.25, 0.3) is 0 Å². The van der Waals surface area contributed by atoms with Gasteiger partial charge in [0.05, 0.1) is 19.8 Å². The van der Waals surface area contributed by atoms with E-state index in [0.29, 0.717) is 13.0 Å². The molecule has 0 aromatic rings. The fourth-order valence-corrected chi connectivity index (χ4v) is 5.89. The molecule has 0 aliphatic rings. The predicted octanol–water partition coefficient (Wildman–Crippen LogP) is 11.8. The number of carbonyl (C=O) groups is 2. The van der Waals surface area contributed by atoms with E-state index in [2.05, 4.69) is 111 Å². The van der Waals surface area contributed by atoms with Gasteiger partial charge in [-0.1, -0.05) is 143 Å². The van der Waals surface area contributed by atoms with Gasteiger partial charge in [-0.2, -0.15) is 0 Å². The van der Waals surface area contributed by atoms with Crippen LogP contribution in [0.1, 0.15) is 142 Å². The molecular formula is C46H76NO9P. The maximum atomic E-state index is 12.6. The van der Waals surface area contributed by atoms with Gasteiger partial charge in [-0.05, 0) is 89.9 Å². The summed E-state index contributed by atoms with van der Waals surface area (Å²) < 4.78 is 33.3. The van der Waals surface area contributed by atoms with Crippen LogP contribution in [0, 0.1) is 0 Å². The van der Waals surface area contributed by atoms with Gasteiger partial charge in [0.1, 0.15) is 12.1 Å². The first-order chi connectivity index (χ1) is 27.7. The van der Waals surface area contributed by atoms with Crippen molar-refractivity contribution in [1.29, 1.82) is 0 Å². The van der Waals surface area contributed by atoms with Crippen molar-refractivity contribution >= 4 is 19.8 Å². The summed E-state index contributed by atoms with van der Waals surface area (Å²) in [6.07, 6.45) is 53.2. The minimum Gasteiger partial charge on any atom is -0.480 e. The number of ether oxygens (including phenoxy) is 2. The number of carboxylic acids is 1. The molecule has 0 aromatic heterocycles. The summed E-state index contributed by atoms with van der Waals surface area (Å²) in [7, 11) is -4.64. The summed E-state index contributed by atoms with van der Waals surface area (Å²) >= 11 is 0. The smallest absolute Gasteiger partial charge is 0.472 e. The fraction of sp³-hybridized carbons (Fsp3) is 0.609. The van der Waals surface area contributed by atoms with Crippen molar-refractivity contribution in [1.82, 2.24) is 0 Å². The second-order valence-electron chi connectivity index (χ2n) is 13.7. The molecule has 0 amide bonds. The molecule has 0 heterocycles. The van der Waals surface area contributed by atoms with Crippen molar-refractivity contribution in [3.8, 4) is 0 Å². The number of carboxylic acid groups (broad SMARTS) is 1. The molecule has 57 heavy (non-hydrogen) atoms. The van der Waals surface area contributed by atoms with E-state index in [9.17, 15) is 19.0 Å². The predicted molar refractivity (Wildman–Crippen MR) is 235 cm³/mol. The number of unbranched alkanes of at least 4 members (excludes halogenated alkanes) is 9. The third kappa shape index (κ3) is 40.9. The number of hydrogen-bond donors (Lipinski definition) is 3. The van der Waals surface area contributed by atoms with Crippen molar-refractivity contribution in [2.45, 2.75) is 154 Å². The Morgan fingerprint density at radius 3 is 1.44 bits per heavy atom. The largest absolute Gasteiger partial charge is 0.480 e. The molecule has 3 unspecified atom stereocenters. The molecular weight excluding hydrogens is 741 g/mol. The Morgan fingerprint density at radius 1 is 0.561 bits per heavy atom. The van der Waals surface area contributed by atoms with Crippen LogP contribution in [0.5, 0.6) is 0 Å². The molecule has 0 spiro atoms. The highest BCUT2D eigenvalue weighted by atomic mass is 31.2. The zero-order chi connectivity index (χ0) is 41.9. The van der Waals surface area contributed by atoms with Gasteiger partial charge in [-0.15, -0.1) is 0 Å². The van der Waals surface area contributed by atoms with Crippen LogP contribution >= 0.6 is 7.82 Å². The van der Waals surface area contributed by atoms with Crippen LogP contribution in [-0.4, -0.2) is 60.5 Å². The number of phosphoric acid groups is 1. The number of aliphatic carboxylic acids is 1. The van der Waals surface area contributed by atoms with Crippen LogP contribution in [-0.2, 0) is 32.7 Å². The minimum atomic E-state index is -4.64. The summed E-state index contributed by atoms with van der Waals surface area (Å²) in [6, 6.07) is -1.49. The maximum absolute atomic E-state index is 12.6. The molecule has 3 atom stereocenters. The lowest BCUT2D eigenvalue weighted by Crippen LogP contribution is -2.34. The van der Waals surface area contributed by atoms with E-state index in [0.717, 1.165) is 96.3 Å². The molecule has 0 aromatic carbocycles. The standard InChI is InChI=1S/C46H76NO9P/c1-3-5-7-9-11-13-15-17-19-21-23-25-27-29-31-33-35-37-39-53-40-43(41-54-57(51,52)55-42-44(47)46(49)50)56-45(48)38-36-34-32-30-28-26-24-22-20-18-16-14-12-10-8-6-4-2/h5-8,11-14,17-20,23,25,29,31,43-44H,3-4,9-10,15-16,21-22,24,26-28,30,32-42,47H2,1-2H3,(H,49,50)(H,51,52)/b7-5-,8-6-,13-11-,14-12-,19-17-,20-18-,25-23-,31-29-. The van der Waals surface area contributed by atoms with Crippen LogP contribution in [0.15, 0.2) is 97.2 Å². The lowest BCUT2D eigenvalue weighted by atomic mass is 10.1. The van der Waals surface area contributed by atoms with E-state index >= 15 is 0 Å². The Kier molecular flexibility index (Phi) is 38.8. The molecule has 0 radical (unpaired) electrons. The number of hydrogen-bond acceptors (Lipinski definition) is 8. The highest BCUT2D eigenvalue weighted by Gasteiger charge is 2.27. The minimum absolute atomic E-state index is 0.0232. The average molecular weight is 818 g/mol. The van der Waals surface area contributed by atoms with Gasteiger partial charge in [0.25, 0.3) is 0 Å². The van der Waals surface area contributed by atoms with Gasteiger partial charge in [0.15, 0.2) is 0 Å². The molecule has 11 heteroatoms. The second-order valence-corrected chi connectivity index (χ2v) is 15.2. The Labute approximate surface area is 345 Å². The Bertz CT molecular complexity index is 1270. The van der Waals surface area contributed by atoms with Crippen LogP contribution < -0.4 is 5.73 Å². The Balaban J connectivity index is 4.38. The van der Waals surface area contributed by atoms with E-state index in [1.807, 2.05) is 0 Å². The quantitative estimate of drug-likeness (QED) is 0.0236. The molecule has 0 aliphatic heterocycles.